The Morgan fingerprint density at radius 1 is 1.36 bits per heavy atom. The predicted molar refractivity (Wildman–Crippen MR) is 55.6 cm³/mol. The Bertz CT molecular complexity index is 240. The molecule has 0 spiro atoms. The summed E-state index contributed by atoms with van der Waals surface area (Å²) in [7, 11) is 0. The van der Waals surface area contributed by atoms with Crippen LogP contribution in [0.5, 0.6) is 0 Å². The van der Waals surface area contributed by atoms with Crippen molar-refractivity contribution in [2.45, 2.75) is 38.6 Å². The highest BCUT2D eigenvalue weighted by Gasteiger charge is 2.48. The quantitative estimate of drug-likeness (QED) is 0.704. The first kappa shape index (κ1) is 9.97. The molecule has 2 aliphatic carbocycles. The van der Waals surface area contributed by atoms with E-state index in [1.807, 2.05) is 13.8 Å². The molecule has 14 heavy (non-hydrogen) atoms. The van der Waals surface area contributed by atoms with E-state index in [2.05, 4.69) is 5.32 Å². The van der Waals surface area contributed by atoms with Crippen molar-refractivity contribution in [3.8, 4) is 0 Å². The Balaban J connectivity index is 1.84. The summed E-state index contributed by atoms with van der Waals surface area (Å²) in [5, 5.41) is 3.03. The Kier molecular flexibility index (Phi) is 2.30. The number of nitrogens with two attached hydrogens (primary N) is 1. The van der Waals surface area contributed by atoms with Crippen molar-refractivity contribution in [2.75, 3.05) is 6.54 Å². The van der Waals surface area contributed by atoms with E-state index in [4.69, 9.17) is 5.73 Å². The van der Waals surface area contributed by atoms with E-state index in [0.717, 1.165) is 24.7 Å². The number of hydrogen-bond acceptors (Lipinski definition) is 2. The molecule has 0 aromatic heterocycles. The van der Waals surface area contributed by atoms with Crippen LogP contribution in [0.1, 0.15) is 33.1 Å². The fraction of sp³-hybridized carbons (Fsp3) is 0.909. The van der Waals surface area contributed by atoms with Crippen LogP contribution in [0.25, 0.3) is 0 Å². The monoisotopic (exact) mass is 196 g/mol. The summed E-state index contributed by atoms with van der Waals surface area (Å²) in [4.78, 5) is 11.8. The largest absolute Gasteiger partial charge is 0.350 e. The van der Waals surface area contributed by atoms with Gasteiger partial charge < -0.3 is 11.1 Å². The highest BCUT2D eigenvalue weighted by Crippen LogP contribution is 2.54. The van der Waals surface area contributed by atoms with Gasteiger partial charge in [0.15, 0.2) is 0 Å². The average molecular weight is 196 g/mol. The lowest BCUT2D eigenvalue weighted by Crippen LogP contribution is -2.50. The van der Waals surface area contributed by atoms with Gasteiger partial charge in [-0.25, -0.2) is 0 Å². The van der Waals surface area contributed by atoms with Gasteiger partial charge in [-0.3, -0.25) is 4.79 Å². The Hall–Kier alpha value is -0.570. The lowest BCUT2D eigenvalue weighted by molar-refractivity contribution is -0.126. The highest BCUT2D eigenvalue weighted by atomic mass is 16.2. The third-order valence-corrected chi connectivity index (χ3v) is 3.59. The molecule has 2 rings (SSSR count). The van der Waals surface area contributed by atoms with Gasteiger partial charge in [0.25, 0.3) is 0 Å². The second-order valence-electron chi connectivity index (χ2n) is 5.50. The second-order valence-corrected chi connectivity index (χ2v) is 5.50. The normalized spacial score (nSPS) is 35.2. The molecule has 2 atom stereocenters. The van der Waals surface area contributed by atoms with Crippen LogP contribution in [0.2, 0.25) is 0 Å². The minimum Gasteiger partial charge on any atom is -0.350 e. The molecular weight excluding hydrogens is 176 g/mol. The lowest BCUT2D eigenvalue weighted by atomic mass is 9.99. The molecule has 80 valence electrons. The SMILES string of the molecule is CC(C)(CN)NC(=O)C1CC2CC2C1. The fourth-order valence-electron chi connectivity index (χ4n) is 2.42. The van der Waals surface area contributed by atoms with Crippen molar-refractivity contribution in [3.05, 3.63) is 0 Å². The maximum Gasteiger partial charge on any atom is 0.223 e. The maximum atomic E-state index is 11.8. The number of nitrogens with one attached hydrogen (secondary N) is 1. The van der Waals surface area contributed by atoms with Gasteiger partial charge in [0.2, 0.25) is 5.91 Å². The molecule has 2 saturated carbocycles. The summed E-state index contributed by atoms with van der Waals surface area (Å²) >= 11 is 0. The van der Waals surface area contributed by atoms with Crippen molar-refractivity contribution < 1.29 is 4.79 Å². The molecule has 0 aromatic carbocycles. The molecule has 0 radical (unpaired) electrons. The van der Waals surface area contributed by atoms with Crippen molar-refractivity contribution in [3.63, 3.8) is 0 Å². The third-order valence-electron chi connectivity index (χ3n) is 3.59. The summed E-state index contributed by atoms with van der Waals surface area (Å²) in [6, 6.07) is 0. The average Bonchev–Trinajstić information content (AvgIpc) is 2.73. The van der Waals surface area contributed by atoms with Crippen molar-refractivity contribution in [1.82, 2.24) is 5.32 Å². The molecule has 3 heteroatoms. The van der Waals surface area contributed by atoms with Crippen molar-refractivity contribution in [2.24, 2.45) is 23.5 Å². The zero-order valence-electron chi connectivity index (χ0n) is 9.05. The predicted octanol–water partition coefficient (Wildman–Crippen LogP) is 0.886. The fourth-order valence-corrected chi connectivity index (χ4v) is 2.42. The first-order valence-corrected chi connectivity index (χ1v) is 5.54. The Morgan fingerprint density at radius 2 is 1.93 bits per heavy atom. The van der Waals surface area contributed by atoms with E-state index in [-0.39, 0.29) is 17.4 Å². The molecule has 2 aliphatic rings. The minimum absolute atomic E-state index is 0.215. The Morgan fingerprint density at radius 3 is 2.43 bits per heavy atom. The van der Waals surface area contributed by atoms with E-state index in [1.54, 1.807) is 0 Å². The topological polar surface area (TPSA) is 55.1 Å². The zero-order valence-corrected chi connectivity index (χ0v) is 9.05. The molecule has 0 saturated heterocycles. The van der Waals surface area contributed by atoms with Crippen LogP contribution in [-0.2, 0) is 4.79 Å². The van der Waals surface area contributed by atoms with Gasteiger partial charge in [0.1, 0.15) is 0 Å². The van der Waals surface area contributed by atoms with Crippen LogP contribution in [0.4, 0.5) is 0 Å². The first-order valence-electron chi connectivity index (χ1n) is 5.54. The molecule has 3 nitrogen and oxygen atoms in total. The molecule has 1 amide bonds. The molecule has 0 heterocycles. The molecule has 0 aliphatic heterocycles. The van der Waals surface area contributed by atoms with Crippen molar-refractivity contribution >= 4 is 5.91 Å². The number of carbonyl (C=O) groups excluding carboxylic acids is 1. The minimum atomic E-state index is -0.246. The molecule has 2 fully saturated rings. The molecular formula is C11H20N2O. The van der Waals surface area contributed by atoms with Crippen LogP contribution in [0.15, 0.2) is 0 Å². The smallest absolute Gasteiger partial charge is 0.223 e. The molecule has 0 aromatic rings. The molecule has 0 bridgehead atoms. The van der Waals surface area contributed by atoms with Crippen LogP contribution in [0.3, 0.4) is 0 Å². The molecule has 2 unspecified atom stereocenters. The standard InChI is InChI=1S/C11H20N2O/c1-11(2,6-12)13-10(14)9-4-7-3-8(7)5-9/h7-9H,3-6,12H2,1-2H3,(H,13,14). The summed E-state index contributed by atoms with van der Waals surface area (Å²) in [5.41, 5.74) is 5.33. The van der Waals surface area contributed by atoms with Crippen LogP contribution < -0.4 is 11.1 Å². The van der Waals surface area contributed by atoms with Crippen LogP contribution in [-0.4, -0.2) is 18.0 Å². The number of carbonyl (C=O) groups is 1. The van der Waals surface area contributed by atoms with E-state index in [9.17, 15) is 4.79 Å². The Labute approximate surface area is 85.4 Å². The maximum absolute atomic E-state index is 11.8. The summed E-state index contributed by atoms with van der Waals surface area (Å²) in [6.45, 7) is 4.44. The lowest BCUT2D eigenvalue weighted by Gasteiger charge is -2.26. The van der Waals surface area contributed by atoms with Gasteiger partial charge in [-0.15, -0.1) is 0 Å². The van der Waals surface area contributed by atoms with Crippen LogP contribution in [0, 0.1) is 17.8 Å². The summed E-state index contributed by atoms with van der Waals surface area (Å²) in [5.74, 6) is 2.22. The summed E-state index contributed by atoms with van der Waals surface area (Å²) in [6.07, 6.45) is 3.58. The van der Waals surface area contributed by atoms with Crippen molar-refractivity contribution in [1.29, 1.82) is 0 Å². The van der Waals surface area contributed by atoms with Gasteiger partial charge in [0.05, 0.1) is 0 Å². The van der Waals surface area contributed by atoms with Gasteiger partial charge in [0, 0.05) is 18.0 Å². The van der Waals surface area contributed by atoms with E-state index in [0.29, 0.717) is 6.54 Å². The number of fused-ring (bicyclic) bond motifs is 1. The van der Waals surface area contributed by atoms with Gasteiger partial charge in [-0.05, 0) is 44.9 Å². The second kappa shape index (κ2) is 3.23. The van der Waals surface area contributed by atoms with Crippen LogP contribution >= 0.6 is 0 Å². The first-order chi connectivity index (χ1) is 6.52. The van der Waals surface area contributed by atoms with E-state index < -0.39 is 0 Å². The third kappa shape index (κ3) is 1.92. The van der Waals surface area contributed by atoms with Gasteiger partial charge in [-0.2, -0.15) is 0 Å². The number of rotatable bonds is 3. The highest BCUT2D eigenvalue weighted by molar-refractivity contribution is 5.80. The van der Waals surface area contributed by atoms with Gasteiger partial charge >= 0.3 is 0 Å². The zero-order chi connectivity index (χ0) is 10.3. The van der Waals surface area contributed by atoms with E-state index in [1.165, 1.54) is 6.42 Å². The number of hydrogen-bond donors (Lipinski definition) is 2. The number of amides is 1. The summed E-state index contributed by atoms with van der Waals surface area (Å²) < 4.78 is 0. The van der Waals surface area contributed by atoms with E-state index >= 15 is 0 Å². The van der Waals surface area contributed by atoms with Gasteiger partial charge in [-0.1, -0.05) is 0 Å². The molecule has 3 N–H and O–H groups in total.